The number of benzene rings is 1. The second kappa shape index (κ2) is 6.90. The van der Waals surface area contributed by atoms with Gasteiger partial charge in [-0.2, -0.15) is 0 Å². The first-order chi connectivity index (χ1) is 9.24. The number of hydrogen-bond acceptors (Lipinski definition) is 2. The monoisotopic (exact) mass is 274 g/mol. The molecule has 0 saturated heterocycles. The molecule has 1 amide bonds. The summed E-state index contributed by atoms with van der Waals surface area (Å²) in [5.41, 5.74) is 1.25. The van der Waals surface area contributed by atoms with E-state index in [0.29, 0.717) is 17.4 Å². The Labute approximate surface area is 117 Å². The molecule has 0 fully saturated rings. The number of hydrogen-bond donors (Lipinski definition) is 1. The Bertz CT molecular complexity index is 543. The molecule has 0 unspecified atom stereocenters. The smallest absolute Gasteiger partial charge is 0.225 e. The number of amides is 1. The largest absolute Gasteiger partial charge is 0.311 e. The van der Waals surface area contributed by atoms with Gasteiger partial charge in [-0.15, -0.1) is 0 Å². The minimum atomic E-state index is -0.0364. The zero-order valence-corrected chi connectivity index (χ0v) is 11.2. The topological polar surface area (TPSA) is 42.0 Å². The number of aromatic nitrogens is 1. The molecule has 3 nitrogen and oxygen atoms in total. The molecule has 0 saturated carbocycles. The molecular formula is C15H15ClN2O. The number of pyridine rings is 1. The van der Waals surface area contributed by atoms with E-state index in [9.17, 15) is 4.79 Å². The quantitative estimate of drug-likeness (QED) is 0.845. The molecule has 1 aromatic heterocycles. The molecule has 1 heterocycles. The van der Waals surface area contributed by atoms with Crippen LogP contribution in [0.2, 0.25) is 5.15 Å². The predicted molar refractivity (Wildman–Crippen MR) is 77.3 cm³/mol. The van der Waals surface area contributed by atoms with Crippen molar-refractivity contribution < 1.29 is 4.79 Å². The molecule has 0 spiro atoms. The van der Waals surface area contributed by atoms with Crippen LogP contribution in [0.15, 0.2) is 48.5 Å². The van der Waals surface area contributed by atoms with E-state index in [-0.39, 0.29) is 5.91 Å². The highest BCUT2D eigenvalue weighted by atomic mass is 35.5. The van der Waals surface area contributed by atoms with E-state index < -0.39 is 0 Å². The van der Waals surface area contributed by atoms with E-state index in [2.05, 4.69) is 22.4 Å². The van der Waals surface area contributed by atoms with Crippen LogP contribution in [0.3, 0.4) is 0 Å². The Hall–Kier alpha value is -1.87. The summed E-state index contributed by atoms with van der Waals surface area (Å²) in [6, 6.07) is 15.3. The lowest BCUT2D eigenvalue weighted by Crippen LogP contribution is -2.12. The summed E-state index contributed by atoms with van der Waals surface area (Å²) in [7, 11) is 0. The molecule has 2 rings (SSSR count). The summed E-state index contributed by atoms with van der Waals surface area (Å²) < 4.78 is 0. The number of aryl methyl sites for hydroxylation is 1. The number of anilines is 1. The van der Waals surface area contributed by atoms with Crippen LogP contribution in [0, 0.1) is 0 Å². The van der Waals surface area contributed by atoms with Crippen LogP contribution in [0.25, 0.3) is 0 Å². The first-order valence-electron chi connectivity index (χ1n) is 6.20. The van der Waals surface area contributed by atoms with Gasteiger partial charge in [0, 0.05) is 6.42 Å². The Morgan fingerprint density at radius 3 is 2.63 bits per heavy atom. The van der Waals surface area contributed by atoms with Gasteiger partial charge in [0.1, 0.15) is 11.0 Å². The van der Waals surface area contributed by atoms with Crippen LogP contribution in [-0.4, -0.2) is 10.9 Å². The molecule has 0 aliphatic carbocycles. The van der Waals surface area contributed by atoms with Crippen LogP contribution in [0.4, 0.5) is 5.82 Å². The molecule has 0 atom stereocenters. The minimum Gasteiger partial charge on any atom is -0.311 e. The summed E-state index contributed by atoms with van der Waals surface area (Å²) in [5.74, 6) is 0.461. The SMILES string of the molecule is O=C(CCCc1ccccc1)Nc1cccc(Cl)n1. The fourth-order valence-electron chi connectivity index (χ4n) is 1.78. The molecule has 19 heavy (non-hydrogen) atoms. The number of halogens is 1. The van der Waals surface area contributed by atoms with Crippen molar-refractivity contribution in [1.82, 2.24) is 4.98 Å². The van der Waals surface area contributed by atoms with Gasteiger partial charge >= 0.3 is 0 Å². The third-order valence-electron chi connectivity index (χ3n) is 2.69. The Balaban J connectivity index is 1.76. The highest BCUT2D eigenvalue weighted by molar-refractivity contribution is 6.29. The fourth-order valence-corrected chi connectivity index (χ4v) is 1.94. The second-order valence-corrected chi connectivity index (χ2v) is 4.62. The Kier molecular flexibility index (Phi) is 4.93. The van der Waals surface area contributed by atoms with Gasteiger partial charge in [0.05, 0.1) is 0 Å². The van der Waals surface area contributed by atoms with E-state index in [1.165, 1.54) is 5.56 Å². The average Bonchev–Trinajstić information content (AvgIpc) is 2.40. The van der Waals surface area contributed by atoms with Crippen molar-refractivity contribution in [2.45, 2.75) is 19.3 Å². The molecule has 0 radical (unpaired) electrons. The summed E-state index contributed by atoms with van der Waals surface area (Å²) >= 11 is 5.75. The van der Waals surface area contributed by atoms with Crippen molar-refractivity contribution in [1.29, 1.82) is 0 Å². The van der Waals surface area contributed by atoms with Gasteiger partial charge < -0.3 is 5.32 Å². The Morgan fingerprint density at radius 1 is 1.11 bits per heavy atom. The van der Waals surface area contributed by atoms with E-state index in [1.54, 1.807) is 18.2 Å². The van der Waals surface area contributed by atoms with Crippen molar-refractivity contribution in [3.63, 3.8) is 0 Å². The summed E-state index contributed by atoms with van der Waals surface area (Å²) in [4.78, 5) is 15.7. The maximum atomic E-state index is 11.7. The summed E-state index contributed by atoms with van der Waals surface area (Å²) in [5, 5.41) is 3.11. The highest BCUT2D eigenvalue weighted by Crippen LogP contribution is 2.10. The lowest BCUT2D eigenvalue weighted by molar-refractivity contribution is -0.116. The number of nitrogens with zero attached hydrogens (tertiary/aromatic N) is 1. The van der Waals surface area contributed by atoms with E-state index in [1.807, 2.05) is 18.2 Å². The lowest BCUT2D eigenvalue weighted by Gasteiger charge is -2.04. The van der Waals surface area contributed by atoms with Gasteiger partial charge in [-0.3, -0.25) is 4.79 Å². The maximum Gasteiger partial charge on any atom is 0.225 e. The number of nitrogens with one attached hydrogen (secondary N) is 1. The predicted octanol–water partition coefficient (Wildman–Crippen LogP) is 3.70. The molecule has 1 aromatic carbocycles. The van der Waals surface area contributed by atoms with Crippen LogP contribution >= 0.6 is 11.6 Å². The van der Waals surface area contributed by atoms with E-state index in [4.69, 9.17) is 11.6 Å². The van der Waals surface area contributed by atoms with Gasteiger partial charge in [0.2, 0.25) is 5.91 Å². The molecule has 98 valence electrons. The third-order valence-corrected chi connectivity index (χ3v) is 2.91. The molecule has 0 bridgehead atoms. The summed E-state index contributed by atoms with van der Waals surface area (Å²) in [6.07, 6.45) is 2.19. The summed E-state index contributed by atoms with van der Waals surface area (Å²) in [6.45, 7) is 0. The van der Waals surface area contributed by atoms with E-state index >= 15 is 0 Å². The zero-order valence-electron chi connectivity index (χ0n) is 10.5. The number of carbonyl (C=O) groups excluding carboxylic acids is 1. The molecular weight excluding hydrogens is 260 g/mol. The Morgan fingerprint density at radius 2 is 1.89 bits per heavy atom. The lowest BCUT2D eigenvalue weighted by atomic mass is 10.1. The molecule has 2 aromatic rings. The van der Waals surface area contributed by atoms with Crippen molar-refractivity contribution in [3.8, 4) is 0 Å². The molecule has 0 aliphatic rings. The highest BCUT2D eigenvalue weighted by Gasteiger charge is 2.03. The van der Waals surface area contributed by atoms with Crippen LogP contribution < -0.4 is 5.32 Å². The van der Waals surface area contributed by atoms with Crippen molar-refractivity contribution >= 4 is 23.3 Å². The fraction of sp³-hybridized carbons (Fsp3) is 0.200. The van der Waals surface area contributed by atoms with Gasteiger partial charge in [-0.05, 0) is 30.5 Å². The third kappa shape index (κ3) is 4.72. The van der Waals surface area contributed by atoms with Gasteiger partial charge in [-0.1, -0.05) is 48.0 Å². The first-order valence-corrected chi connectivity index (χ1v) is 6.58. The van der Waals surface area contributed by atoms with Crippen molar-refractivity contribution in [2.75, 3.05) is 5.32 Å². The van der Waals surface area contributed by atoms with Gasteiger partial charge in [-0.25, -0.2) is 4.98 Å². The van der Waals surface area contributed by atoms with Crippen LogP contribution in [0.1, 0.15) is 18.4 Å². The van der Waals surface area contributed by atoms with Crippen molar-refractivity contribution in [2.24, 2.45) is 0 Å². The minimum absolute atomic E-state index is 0.0364. The molecule has 4 heteroatoms. The number of carbonyl (C=O) groups is 1. The number of rotatable bonds is 5. The van der Waals surface area contributed by atoms with Crippen LogP contribution in [0.5, 0.6) is 0 Å². The average molecular weight is 275 g/mol. The second-order valence-electron chi connectivity index (χ2n) is 4.23. The maximum absolute atomic E-state index is 11.7. The standard InChI is InChI=1S/C15H15ClN2O/c16-13-9-5-10-14(17-13)18-15(19)11-4-8-12-6-2-1-3-7-12/h1-3,5-7,9-10H,4,8,11H2,(H,17,18,19). The zero-order chi connectivity index (χ0) is 13.5. The molecule has 1 N–H and O–H groups in total. The van der Waals surface area contributed by atoms with Crippen LogP contribution in [-0.2, 0) is 11.2 Å². The van der Waals surface area contributed by atoms with E-state index in [0.717, 1.165) is 12.8 Å². The van der Waals surface area contributed by atoms with Gasteiger partial charge in [0.15, 0.2) is 0 Å². The molecule has 0 aliphatic heterocycles. The first kappa shape index (κ1) is 13.6. The normalized spacial score (nSPS) is 10.2. The van der Waals surface area contributed by atoms with Crippen molar-refractivity contribution in [3.05, 3.63) is 59.2 Å². The van der Waals surface area contributed by atoms with Gasteiger partial charge in [0.25, 0.3) is 0 Å².